The molecule has 0 saturated heterocycles. The van der Waals surface area contributed by atoms with Gasteiger partial charge in [-0.3, -0.25) is 0 Å². The van der Waals surface area contributed by atoms with Crippen LogP contribution in [0.5, 0.6) is 0 Å². The zero-order valence-electron chi connectivity index (χ0n) is 15.1. The number of nitrogens with two attached hydrogens (primary N) is 1. The van der Waals surface area contributed by atoms with E-state index in [1.54, 1.807) is 0 Å². The van der Waals surface area contributed by atoms with Crippen LogP contribution >= 0.6 is 0 Å². The third-order valence-corrected chi connectivity index (χ3v) is 4.68. The molecule has 0 aliphatic carbocycles. The van der Waals surface area contributed by atoms with Gasteiger partial charge in [0.15, 0.2) is 0 Å². The monoisotopic (exact) mass is 323 g/mol. The van der Waals surface area contributed by atoms with Crippen molar-refractivity contribution < 1.29 is 0 Å². The van der Waals surface area contributed by atoms with Gasteiger partial charge in [0.25, 0.3) is 0 Å². The van der Waals surface area contributed by atoms with Crippen LogP contribution in [0.4, 0.5) is 0 Å². The van der Waals surface area contributed by atoms with E-state index in [9.17, 15) is 0 Å². The molecule has 2 aromatic rings. The summed E-state index contributed by atoms with van der Waals surface area (Å²) in [5.74, 6) is 0. The molecule has 2 N–H and O–H groups in total. The summed E-state index contributed by atoms with van der Waals surface area (Å²) in [5, 5.41) is 0. The van der Waals surface area contributed by atoms with Crippen LogP contribution in [0, 0.1) is 0 Å². The Bertz CT molecular complexity index is 547. The van der Waals surface area contributed by atoms with Gasteiger partial charge in [0.1, 0.15) is 0 Å². The van der Waals surface area contributed by atoms with Crippen LogP contribution in [0.25, 0.3) is 0 Å². The van der Waals surface area contributed by atoms with Crippen LogP contribution in [0.2, 0.25) is 0 Å². The summed E-state index contributed by atoms with van der Waals surface area (Å²) in [6.45, 7) is 0.786. The molecule has 0 spiro atoms. The molecule has 1 nitrogen and oxygen atoms in total. The average Bonchev–Trinajstić information content (AvgIpc) is 2.63. The van der Waals surface area contributed by atoms with Gasteiger partial charge in [0.2, 0.25) is 0 Å². The lowest BCUT2D eigenvalue weighted by molar-refractivity contribution is 0.594. The molecule has 0 saturated carbocycles. The second-order valence-electron chi connectivity index (χ2n) is 6.82. The summed E-state index contributed by atoms with van der Waals surface area (Å²) >= 11 is 0. The Morgan fingerprint density at radius 2 is 1.00 bits per heavy atom. The number of hydrogen-bond donors (Lipinski definition) is 1. The molecule has 0 fully saturated rings. The topological polar surface area (TPSA) is 26.0 Å². The second-order valence-corrected chi connectivity index (χ2v) is 6.82. The fourth-order valence-corrected chi connectivity index (χ4v) is 3.26. The molecular formula is C23H33N. The van der Waals surface area contributed by atoms with Crippen molar-refractivity contribution >= 4 is 0 Å². The quantitative estimate of drug-likeness (QED) is 0.498. The minimum atomic E-state index is 0.786. The van der Waals surface area contributed by atoms with E-state index >= 15 is 0 Å². The van der Waals surface area contributed by atoms with E-state index in [-0.39, 0.29) is 0 Å². The van der Waals surface area contributed by atoms with Gasteiger partial charge in [-0.2, -0.15) is 0 Å². The summed E-state index contributed by atoms with van der Waals surface area (Å²) in [5.41, 5.74) is 10.0. The van der Waals surface area contributed by atoms with Crippen LogP contribution < -0.4 is 5.73 Å². The highest BCUT2D eigenvalue weighted by atomic mass is 14.5. The zero-order chi connectivity index (χ0) is 16.9. The Hall–Kier alpha value is -1.60. The smallest absolute Gasteiger partial charge is 0.00741 e. The van der Waals surface area contributed by atoms with Gasteiger partial charge in [-0.1, -0.05) is 80.3 Å². The minimum absolute atomic E-state index is 0.786. The van der Waals surface area contributed by atoms with Crippen LogP contribution in [0.15, 0.2) is 54.6 Å². The van der Waals surface area contributed by atoms with E-state index in [4.69, 9.17) is 5.73 Å². The van der Waals surface area contributed by atoms with Crippen LogP contribution in [0.1, 0.15) is 61.6 Å². The first kappa shape index (κ1) is 18.7. The van der Waals surface area contributed by atoms with E-state index in [2.05, 4.69) is 54.6 Å². The van der Waals surface area contributed by atoms with E-state index in [1.807, 2.05) is 0 Å². The number of hydrogen-bond acceptors (Lipinski definition) is 1. The lowest BCUT2D eigenvalue weighted by atomic mass is 10.0. The van der Waals surface area contributed by atoms with Gasteiger partial charge in [0, 0.05) is 0 Å². The molecule has 1 heteroatoms. The molecule has 0 radical (unpaired) electrons. The lowest BCUT2D eigenvalue weighted by Crippen LogP contribution is -2.00. The first-order valence-corrected chi connectivity index (χ1v) is 9.70. The predicted molar refractivity (Wildman–Crippen MR) is 105 cm³/mol. The van der Waals surface area contributed by atoms with Gasteiger partial charge >= 0.3 is 0 Å². The molecular weight excluding hydrogens is 290 g/mol. The van der Waals surface area contributed by atoms with Crippen molar-refractivity contribution in [1.82, 2.24) is 0 Å². The van der Waals surface area contributed by atoms with E-state index in [0.29, 0.717) is 0 Å². The highest BCUT2D eigenvalue weighted by Crippen LogP contribution is 2.13. The molecule has 2 aromatic carbocycles. The van der Waals surface area contributed by atoms with Crippen molar-refractivity contribution in [2.24, 2.45) is 5.73 Å². The Kier molecular flexibility index (Phi) is 9.26. The molecule has 24 heavy (non-hydrogen) atoms. The fourth-order valence-electron chi connectivity index (χ4n) is 3.26. The van der Waals surface area contributed by atoms with Crippen molar-refractivity contribution in [1.29, 1.82) is 0 Å². The normalized spacial score (nSPS) is 10.9. The van der Waals surface area contributed by atoms with Crippen molar-refractivity contribution in [2.75, 3.05) is 6.54 Å². The number of benzene rings is 2. The maximum atomic E-state index is 5.60. The number of unbranched alkanes of at least 4 members (excludes halogenated alkanes) is 5. The van der Waals surface area contributed by atoms with E-state index in [1.165, 1.54) is 68.1 Å². The third kappa shape index (κ3) is 7.79. The van der Waals surface area contributed by atoms with Gasteiger partial charge < -0.3 is 5.73 Å². The van der Waals surface area contributed by atoms with E-state index in [0.717, 1.165) is 19.4 Å². The fraction of sp³-hybridized carbons (Fsp3) is 0.478. The molecule has 0 aliphatic heterocycles. The Labute approximate surface area is 148 Å². The molecule has 0 bridgehead atoms. The maximum Gasteiger partial charge on any atom is -0.00741 e. The van der Waals surface area contributed by atoms with E-state index < -0.39 is 0 Å². The summed E-state index contributed by atoms with van der Waals surface area (Å²) < 4.78 is 0. The van der Waals surface area contributed by atoms with Crippen LogP contribution in [-0.4, -0.2) is 6.54 Å². The number of rotatable bonds is 12. The first-order valence-electron chi connectivity index (χ1n) is 9.70. The van der Waals surface area contributed by atoms with Gasteiger partial charge in [-0.15, -0.1) is 0 Å². The molecule has 2 rings (SSSR count). The summed E-state index contributed by atoms with van der Waals surface area (Å²) in [7, 11) is 0. The summed E-state index contributed by atoms with van der Waals surface area (Å²) in [4.78, 5) is 0. The second kappa shape index (κ2) is 11.9. The van der Waals surface area contributed by atoms with Crippen molar-refractivity contribution in [3.05, 3.63) is 71.3 Å². The molecule has 0 unspecified atom stereocenters. The first-order chi connectivity index (χ1) is 11.9. The van der Waals surface area contributed by atoms with Crippen LogP contribution in [-0.2, 0) is 19.3 Å². The highest BCUT2D eigenvalue weighted by Gasteiger charge is 1.98. The minimum Gasteiger partial charge on any atom is -0.330 e. The Morgan fingerprint density at radius 1 is 0.500 bits per heavy atom. The summed E-state index contributed by atoms with van der Waals surface area (Å²) in [6.07, 6.45) is 12.8. The van der Waals surface area contributed by atoms with Gasteiger partial charge in [-0.05, 0) is 61.8 Å². The average molecular weight is 324 g/mol. The van der Waals surface area contributed by atoms with Crippen molar-refractivity contribution in [3.8, 4) is 0 Å². The molecule has 0 aromatic heterocycles. The third-order valence-electron chi connectivity index (χ3n) is 4.68. The van der Waals surface area contributed by atoms with Gasteiger partial charge in [0.05, 0.1) is 0 Å². The van der Waals surface area contributed by atoms with Crippen molar-refractivity contribution in [2.45, 2.75) is 64.2 Å². The maximum absolute atomic E-state index is 5.60. The molecule has 0 atom stereocenters. The standard InChI is InChI=1S/C23H33N/c24-19-11-18-23-17-10-16-22(20-23)15-7-4-2-1-3-6-12-21-13-8-5-9-14-21/h5,8-10,13-14,16-17,20H,1-4,6-7,11-12,15,18-19,24H2. The largest absolute Gasteiger partial charge is 0.330 e. The highest BCUT2D eigenvalue weighted by molar-refractivity contribution is 5.23. The van der Waals surface area contributed by atoms with Crippen LogP contribution in [0.3, 0.4) is 0 Å². The molecule has 130 valence electrons. The lowest BCUT2D eigenvalue weighted by Gasteiger charge is -2.06. The number of aryl methyl sites for hydroxylation is 3. The Morgan fingerprint density at radius 3 is 1.62 bits per heavy atom. The molecule has 0 heterocycles. The zero-order valence-corrected chi connectivity index (χ0v) is 15.1. The van der Waals surface area contributed by atoms with Crippen molar-refractivity contribution in [3.63, 3.8) is 0 Å². The van der Waals surface area contributed by atoms with Gasteiger partial charge in [-0.25, -0.2) is 0 Å². The Balaban J connectivity index is 1.50. The summed E-state index contributed by atoms with van der Waals surface area (Å²) in [6, 6.07) is 19.9. The SMILES string of the molecule is NCCCc1cccc(CCCCCCCCc2ccccc2)c1. The molecule has 0 aliphatic rings. The predicted octanol–water partition coefficient (Wildman–Crippen LogP) is 5.70. The molecule has 0 amide bonds.